The topological polar surface area (TPSA) is 60.4 Å². The summed E-state index contributed by atoms with van der Waals surface area (Å²) in [7, 11) is 4.73. The number of nitrogens with zero attached hydrogens (tertiary/aromatic N) is 2. The minimum atomic E-state index is -0.252. The van der Waals surface area contributed by atoms with Gasteiger partial charge in [0.25, 0.3) is 0 Å². The predicted molar refractivity (Wildman–Crippen MR) is 116 cm³/mol. The molecule has 3 aromatic rings. The Balaban J connectivity index is 1.74. The minimum absolute atomic E-state index is 0.121. The molecule has 0 N–H and O–H groups in total. The molecule has 1 aliphatic heterocycles. The Labute approximate surface area is 175 Å². The Kier molecular flexibility index (Phi) is 5.31. The van der Waals surface area contributed by atoms with Crippen molar-refractivity contribution in [2.45, 2.75) is 19.4 Å². The summed E-state index contributed by atoms with van der Waals surface area (Å²) in [5.41, 5.74) is 2.75. The normalized spacial score (nSPS) is 15.8. The molecule has 4 rings (SSSR count). The average molecular weight is 404 g/mol. The second kappa shape index (κ2) is 8.06. The first-order valence-corrected chi connectivity index (χ1v) is 9.72. The molecule has 3 aromatic carbocycles. The van der Waals surface area contributed by atoms with Crippen molar-refractivity contribution >= 4 is 22.4 Å². The Hall–Kier alpha value is -3.54. The molecule has 6 heteroatoms. The van der Waals surface area contributed by atoms with Crippen LogP contribution in [0, 0.1) is 0 Å². The zero-order valence-corrected chi connectivity index (χ0v) is 17.5. The maximum absolute atomic E-state index is 12.4. The zero-order chi connectivity index (χ0) is 21.3. The van der Waals surface area contributed by atoms with Crippen LogP contribution in [0.5, 0.6) is 17.2 Å². The summed E-state index contributed by atoms with van der Waals surface area (Å²) < 4.78 is 16.4. The maximum Gasteiger partial charge on any atom is 0.240 e. The van der Waals surface area contributed by atoms with Crippen LogP contribution in [0.3, 0.4) is 0 Å². The van der Waals surface area contributed by atoms with Crippen molar-refractivity contribution in [1.29, 1.82) is 0 Å². The Morgan fingerprint density at radius 1 is 0.933 bits per heavy atom. The molecular weight excluding hydrogens is 380 g/mol. The smallest absolute Gasteiger partial charge is 0.240 e. The summed E-state index contributed by atoms with van der Waals surface area (Å²) in [4.78, 5) is 12.4. The Morgan fingerprint density at radius 2 is 1.60 bits per heavy atom. The van der Waals surface area contributed by atoms with Crippen LogP contribution in [0.4, 0.5) is 0 Å². The van der Waals surface area contributed by atoms with E-state index in [9.17, 15) is 4.79 Å². The lowest BCUT2D eigenvalue weighted by molar-refractivity contribution is -0.130. The fraction of sp³-hybridized carbons (Fsp3) is 0.250. The van der Waals surface area contributed by atoms with E-state index >= 15 is 0 Å². The third-order valence-electron chi connectivity index (χ3n) is 5.39. The molecule has 1 amide bonds. The Morgan fingerprint density at radius 3 is 2.20 bits per heavy atom. The number of benzene rings is 3. The highest BCUT2D eigenvalue weighted by Gasteiger charge is 2.33. The molecule has 1 atom stereocenters. The third kappa shape index (κ3) is 3.45. The fourth-order valence-corrected chi connectivity index (χ4v) is 3.90. The van der Waals surface area contributed by atoms with E-state index in [4.69, 9.17) is 14.2 Å². The van der Waals surface area contributed by atoms with E-state index in [1.807, 2.05) is 24.3 Å². The van der Waals surface area contributed by atoms with Crippen molar-refractivity contribution in [2.75, 3.05) is 21.3 Å². The van der Waals surface area contributed by atoms with Crippen LogP contribution in [0.25, 0.3) is 10.8 Å². The molecule has 154 valence electrons. The highest BCUT2D eigenvalue weighted by molar-refractivity contribution is 6.05. The minimum Gasteiger partial charge on any atom is -0.493 e. The van der Waals surface area contributed by atoms with Crippen LogP contribution in [0.15, 0.2) is 59.7 Å². The highest BCUT2D eigenvalue weighted by atomic mass is 16.5. The number of carbonyl (C=O) groups excluding carboxylic acids is 1. The van der Waals surface area contributed by atoms with Crippen LogP contribution < -0.4 is 14.2 Å². The molecule has 0 saturated heterocycles. The van der Waals surface area contributed by atoms with Gasteiger partial charge in [0.15, 0.2) is 11.5 Å². The van der Waals surface area contributed by atoms with Crippen molar-refractivity contribution in [3.63, 3.8) is 0 Å². The second-order valence-corrected chi connectivity index (χ2v) is 7.15. The molecule has 0 radical (unpaired) electrons. The molecule has 0 aliphatic carbocycles. The van der Waals surface area contributed by atoms with Crippen molar-refractivity contribution in [2.24, 2.45) is 5.10 Å². The predicted octanol–water partition coefficient (Wildman–Crippen LogP) is 4.56. The van der Waals surface area contributed by atoms with Crippen molar-refractivity contribution in [3.8, 4) is 17.2 Å². The van der Waals surface area contributed by atoms with Gasteiger partial charge in [0.1, 0.15) is 0 Å². The van der Waals surface area contributed by atoms with Crippen molar-refractivity contribution < 1.29 is 19.0 Å². The number of hydrogen-bond donors (Lipinski definition) is 0. The molecule has 0 aromatic heterocycles. The van der Waals surface area contributed by atoms with Crippen molar-refractivity contribution in [3.05, 3.63) is 65.7 Å². The van der Waals surface area contributed by atoms with Gasteiger partial charge in [-0.3, -0.25) is 4.79 Å². The fourth-order valence-electron chi connectivity index (χ4n) is 3.90. The lowest BCUT2D eigenvalue weighted by Crippen LogP contribution is -2.24. The SMILES string of the molecule is COc1cc(C2CC(c3ccc4ccccc4c3)=NN2C(C)=O)cc(OC)c1OC. The van der Waals surface area contributed by atoms with Gasteiger partial charge in [0, 0.05) is 13.3 Å². The standard InChI is InChI=1S/C24H24N2O4/c1-15(27)26-21(19-12-22(28-2)24(30-4)23(13-19)29-3)14-20(25-26)18-10-9-16-7-5-6-8-17(16)11-18/h5-13,21H,14H2,1-4H3. The van der Waals surface area contributed by atoms with Gasteiger partial charge in [-0.15, -0.1) is 0 Å². The maximum atomic E-state index is 12.4. The molecule has 1 heterocycles. The van der Waals surface area contributed by atoms with Gasteiger partial charge >= 0.3 is 0 Å². The number of methoxy groups -OCH3 is 3. The molecule has 1 aliphatic rings. The molecule has 6 nitrogen and oxygen atoms in total. The molecule has 1 unspecified atom stereocenters. The largest absolute Gasteiger partial charge is 0.493 e. The van der Waals surface area contributed by atoms with E-state index in [-0.39, 0.29) is 11.9 Å². The van der Waals surface area contributed by atoms with Crippen molar-refractivity contribution in [1.82, 2.24) is 5.01 Å². The molecule has 0 spiro atoms. The first-order valence-electron chi connectivity index (χ1n) is 9.72. The van der Waals surface area contributed by atoms with E-state index in [0.29, 0.717) is 23.7 Å². The summed E-state index contributed by atoms with van der Waals surface area (Å²) >= 11 is 0. The molecule has 0 fully saturated rings. The molecular formula is C24H24N2O4. The first-order chi connectivity index (χ1) is 14.5. The summed E-state index contributed by atoms with van der Waals surface area (Å²) in [5.74, 6) is 1.50. The number of amides is 1. The summed E-state index contributed by atoms with van der Waals surface area (Å²) in [6.07, 6.45) is 0.594. The van der Waals surface area contributed by atoms with Crippen LogP contribution >= 0.6 is 0 Å². The summed E-state index contributed by atoms with van der Waals surface area (Å²) in [6, 6.07) is 17.9. The van der Waals surface area contributed by atoms with E-state index in [1.165, 1.54) is 17.3 Å². The van der Waals surface area contributed by atoms with Gasteiger partial charge in [-0.25, -0.2) is 5.01 Å². The number of rotatable bonds is 5. The summed E-state index contributed by atoms with van der Waals surface area (Å²) in [6.45, 7) is 1.53. The average Bonchev–Trinajstić information content (AvgIpc) is 3.23. The number of ether oxygens (including phenoxy) is 3. The van der Waals surface area contributed by atoms with Gasteiger partial charge in [-0.1, -0.05) is 36.4 Å². The molecule has 0 bridgehead atoms. The van der Waals surface area contributed by atoms with Gasteiger partial charge in [-0.2, -0.15) is 5.10 Å². The highest BCUT2D eigenvalue weighted by Crippen LogP contribution is 2.43. The van der Waals surface area contributed by atoms with E-state index < -0.39 is 0 Å². The van der Waals surface area contributed by atoms with E-state index in [1.54, 1.807) is 21.3 Å². The lowest BCUT2D eigenvalue weighted by Gasteiger charge is -2.22. The second-order valence-electron chi connectivity index (χ2n) is 7.15. The number of hydrogen-bond acceptors (Lipinski definition) is 5. The van der Waals surface area contributed by atoms with Gasteiger partial charge in [-0.05, 0) is 40.1 Å². The molecule has 30 heavy (non-hydrogen) atoms. The quantitative estimate of drug-likeness (QED) is 0.625. The lowest BCUT2D eigenvalue weighted by atomic mass is 9.96. The van der Waals surface area contributed by atoms with Crippen LogP contribution in [0.1, 0.15) is 30.5 Å². The van der Waals surface area contributed by atoms with Gasteiger partial charge in [0.05, 0.1) is 33.1 Å². The van der Waals surface area contributed by atoms with Gasteiger partial charge < -0.3 is 14.2 Å². The number of hydrazone groups is 1. The Bertz CT molecular complexity index is 1110. The molecule has 0 saturated carbocycles. The van der Waals surface area contributed by atoms with E-state index in [0.717, 1.165) is 22.2 Å². The zero-order valence-electron chi connectivity index (χ0n) is 17.5. The number of carbonyl (C=O) groups is 1. The third-order valence-corrected chi connectivity index (χ3v) is 5.39. The monoisotopic (exact) mass is 404 g/mol. The summed E-state index contributed by atoms with van der Waals surface area (Å²) in [5, 5.41) is 8.51. The first kappa shape index (κ1) is 19.8. The van der Waals surface area contributed by atoms with Gasteiger partial charge in [0.2, 0.25) is 11.7 Å². The van der Waals surface area contributed by atoms with Crippen LogP contribution in [0.2, 0.25) is 0 Å². The van der Waals surface area contributed by atoms with E-state index in [2.05, 4.69) is 35.4 Å². The van der Waals surface area contributed by atoms with Crippen LogP contribution in [-0.4, -0.2) is 38.0 Å². The number of fused-ring (bicyclic) bond motifs is 1. The van der Waals surface area contributed by atoms with Crippen LogP contribution in [-0.2, 0) is 4.79 Å².